The van der Waals surface area contributed by atoms with Gasteiger partial charge in [-0.2, -0.15) is 0 Å². The maximum absolute atomic E-state index is 13.0. The van der Waals surface area contributed by atoms with Gasteiger partial charge in [-0.1, -0.05) is 11.6 Å². The molecule has 1 aromatic rings. The number of ether oxygens (including phenoxy) is 1. The van der Waals surface area contributed by atoms with E-state index in [-0.39, 0.29) is 29.6 Å². The number of ketones is 1. The highest BCUT2D eigenvalue weighted by atomic mass is 16.5. The molecule has 0 aromatic heterocycles. The molecule has 1 aromatic carbocycles. The second-order valence-corrected chi connectivity index (χ2v) is 8.58. The first-order chi connectivity index (χ1) is 12.5. The number of piperidine rings is 1. The summed E-state index contributed by atoms with van der Waals surface area (Å²) in [7, 11) is 0. The number of fused-ring (bicyclic) bond motifs is 3. The minimum Gasteiger partial charge on any atom is -0.486 e. The van der Waals surface area contributed by atoms with Crippen LogP contribution in [0, 0.1) is 24.7 Å². The largest absolute Gasteiger partial charge is 0.486 e. The average Bonchev–Trinajstić information content (AvgIpc) is 3.27. The molecule has 4 aliphatic rings. The second-order valence-electron chi connectivity index (χ2n) is 8.58. The van der Waals surface area contributed by atoms with Crippen LogP contribution in [0.4, 0.5) is 0 Å². The summed E-state index contributed by atoms with van der Waals surface area (Å²) in [5.41, 5.74) is 1.26. The predicted octanol–water partition coefficient (Wildman–Crippen LogP) is 2.34. The van der Waals surface area contributed by atoms with Crippen LogP contribution in [0.25, 0.3) is 0 Å². The highest BCUT2D eigenvalue weighted by Gasteiger charge is 2.71. The molecule has 2 heterocycles. The van der Waals surface area contributed by atoms with Gasteiger partial charge in [0.15, 0.2) is 5.78 Å². The van der Waals surface area contributed by atoms with E-state index in [4.69, 9.17) is 4.74 Å². The van der Waals surface area contributed by atoms with Gasteiger partial charge < -0.3 is 14.7 Å². The number of carbonyl (C=O) groups is 2. The quantitative estimate of drug-likeness (QED) is 0.840. The van der Waals surface area contributed by atoms with E-state index in [1.165, 1.54) is 0 Å². The van der Waals surface area contributed by atoms with Crippen LogP contribution in [0.15, 0.2) is 18.2 Å². The fourth-order valence-corrected chi connectivity index (χ4v) is 5.56. The summed E-state index contributed by atoms with van der Waals surface area (Å²) in [5.74, 6) is 1.56. The van der Waals surface area contributed by atoms with E-state index in [0.717, 1.165) is 18.4 Å². The molecule has 2 aliphatic carbocycles. The lowest BCUT2D eigenvalue weighted by Crippen LogP contribution is -2.46. The molecule has 0 radical (unpaired) electrons. The van der Waals surface area contributed by atoms with Crippen LogP contribution >= 0.6 is 0 Å². The smallest absolute Gasteiger partial charge is 0.226 e. The van der Waals surface area contributed by atoms with Gasteiger partial charge in [-0.3, -0.25) is 9.59 Å². The van der Waals surface area contributed by atoms with Gasteiger partial charge in [-0.05, 0) is 50.7 Å². The summed E-state index contributed by atoms with van der Waals surface area (Å²) >= 11 is 0. The predicted molar refractivity (Wildman–Crippen MR) is 95.0 cm³/mol. The molecule has 138 valence electrons. The molecule has 5 rings (SSSR count). The molecule has 3 fully saturated rings. The average molecular weight is 355 g/mol. The molecular formula is C21H25NO4. The summed E-state index contributed by atoms with van der Waals surface area (Å²) in [6.45, 7) is 3.27. The number of aliphatic hydroxyl groups is 1. The first-order valence-electron chi connectivity index (χ1n) is 9.78. The zero-order valence-electron chi connectivity index (χ0n) is 15.1. The fraction of sp³-hybridized carbons (Fsp3) is 0.619. The van der Waals surface area contributed by atoms with Crippen molar-refractivity contribution < 1.29 is 19.4 Å². The molecule has 1 amide bonds. The maximum atomic E-state index is 13.0. The van der Waals surface area contributed by atoms with E-state index in [9.17, 15) is 14.7 Å². The van der Waals surface area contributed by atoms with Crippen LogP contribution < -0.4 is 4.74 Å². The van der Waals surface area contributed by atoms with Crippen molar-refractivity contribution in [1.82, 2.24) is 4.90 Å². The summed E-state index contributed by atoms with van der Waals surface area (Å²) in [4.78, 5) is 27.7. The highest BCUT2D eigenvalue weighted by molar-refractivity contribution is 6.01. The molecule has 0 unspecified atom stereocenters. The van der Waals surface area contributed by atoms with Crippen LogP contribution in [-0.4, -0.2) is 46.5 Å². The number of aliphatic hydroxyl groups excluding tert-OH is 1. The standard InChI is InChI=1S/C21H25NO4/c1-12-2-3-17-15(10-12)16(24)11-21(26-17)7-4-14-18(19(14)21)20(25)22-8-5-13(23)6-9-22/h2-3,10,13-14,18-19,23H,4-9,11H2,1H3/t14-,18+,19+,21-/m0/s1. The molecule has 26 heavy (non-hydrogen) atoms. The van der Waals surface area contributed by atoms with Crippen LogP contribution in [0.2, 0.25) is 0 Å². The topological polar surface area (TPSA) is 66.8 Å². The van der Waals surface area contributed by atoms with Gasteiger partial charge in [0.2, 0.25) is 5.91 Å². The number of aryl methyl sites for hydroxylation is 1. The molecule has 1 saturated heterocycles. The van der Waals surface area contributed by atoms with Crippen molar-refractivity contribution >= 4 is 11.7 Å². The number of hydrogen-bond donors (Lipinski definition) is 1. The van der Waals surface area contributed by atoms with Crippen molar-refractivity contribution in [3.63, 3.8) is 0 Å². The van der Waals surface area contributed by atoms with Crippen LogP contribution in [0.3, 0.4) is 0 Å². The van der Waals surface area contributed by atoms with Crippen LogP contribution in [-0.2, 0) is 4.79 Å². The molecule has 2 aliphatic heterocycles. The van der Waals surface area contributed by atoms with Gasteiger partial charge in [-0.15, -0.1) is 0 Å². The molecule has 1 N–H and O–H groups in total. The van der Waals surface area contributed by atoms with Gasteiger partial charge in [0.25, 0.3) is 0 Å². The SMILES string of the molecule is Cc1ccc2c(c1)C(=O)C[C@]1(CC[C@H]3[C@@H](C(=O)N4CCC(O)CC4)[C@@H]31)O2. The maximum Gasteiger partial charge on any atom is 0.226 e. The Labute approximate surface area is 153 Å². The van der Waals surface area contributed by atoms with Crippen LogP contribution in [0.5, 0.6) is 5.75 Å². The van der Waals surface area contributed by atoms with E-state index in [1.54, 1.807) is 0 Å². The minimum atomic E-state index is -0.486. The van der Waals surface area contributed by atoms with E-state index >= 15 is 0 Å². The number of nitrogens with zero attached hydrogens (tertiary/aromatic N) is 1. The van der Waals surface area contributed by atoms with Crippen molar-refractivity contribution in [3.8, 4) is 5.75 Å². The van der Waals surface area contributed by atoms with Crippen molar-refractivity contribution in [2.24, 2.45) is 17.8 Å². The Balaban J connectivity index is 1.37. The van der Waals surface area contributed by atoms with Gasteiger partial charge in [0.1, 0.15) is 11.4 Å². The van der Waals surface area contributed by atoms with E-state index in [0.29, 0.717) is 49.6 Å². The summed E-state index contributed by atoms with van der Waals surface area (Å²) < 4.78 is 6.41. The molecule has 4 atom stereocenters. The van der Waals surface area contributed by atoms with Crippen molar-refractivity contribution in [2.75, 3.05) is 13.1 Å². The second kappa shape index (κ2) is 5.56. The van der Waals surface area contributed by atoms with E-state index < -0.39 is 5.60 Å². The number of hydrogen-bond acceptors (Lipinski definition) is 4. The Hall–Kier alpha value is -1.88. The number of rotatable bonds is 1. The fourth-order valence-electron chi connectivity index (χ4n) is 5.56. The number of amides is 1. The Bertz CT molecular complexity index is 782. The monoisotopic (exact) mass is 355 g/mol. The number of Topliss-reactive ketones (excluding diaryl/α,β-unsaturated/α-hetero) is 1. The third-order valence-corrected chi connectivity index (χ3v) is 6.95. The molecule has 5 heteroatoms. The Morgan fingerprint density at radius 2 is 2.04 bits per heavy atom. The van der Waals surface area contributed by atoms with Crippen LogP contribution in [0.1, 0.15) is 48.0 Å². The lowest BCUT2D eigenvalue weighted by atomic mass is 9.83. The zero-order valence-corrected chi connectivity index (χ0v) is 15.1. The summed E-state index contributed by atoms with van der Waals surface area (Å²) in [5, 5.41) is 9.67. The van der Waals surface area contributed by atoms with Gasteiger partial charge >= 0.3 is 0 Å². The Morgan fingerprint density at radius 3 is 2.81 bits per heavy atom. The number of carbonyl (C=O) groups excluding carboxylic acids is 2. The Kier molecular flexibility index (Phi) is 3.48. The molecule has 1 spiro atoms. The molecule has 2 saturated carbocycles. The molecule has 0 bridgehead atoms. The van der Waals surface area contributed by atoms with E-state index in [1.807, 2.05) is 30.0 Å². The molecule has 5 nitrogen and oxygen atoms in total. The lowest BCUT2D eigenvalue weighted by molar-refractivity contribution is -0.136. The first-order valence-corrected chi connectivity index (χ1v) is 9.78. The van der Waals surface area contributed by atoms with Gasteiger partial charge in [0.05, 0.1) is 18.1 Å². The summed E-state index contributed by atoms with van der Waals surface area (Å²) in [6, 6.07) is 5.79. The third kappa shape index (κ3) is 2.33. The van der Waals surface area contributed by atoms with E-state index in [2.05, 4.69) is 0 Å². The number of benzene rings is 1. The minimum absolute atomic E-state index is 0.00112. The van der Waals surface area contributed by atoms with Gasteiger partial charge in [-0.25, -0.2) is 0 Å². The van der Waals surface area contributed by atoms with Crippen molar-refractivity contribution in [1.29, 1.82) is 0 Å². The lowest BCUT2D eigenvalue weighted by Gasteiger charge is -2.38. The highest BCUT2D eigenvalue weighted by Crippen LogP contribution is 2.66. The normalized spacial score (nSPS) is 35.8. The Morgan fingerprint density at radius 1 is 1.27 bits per heavy atom. The van der Waals surface area contributed by atoms with Crippen molar-refractivity contribution in [3.05, 3.63) is 29.3 Å². The number of likely N-dealkylation sites (tertiary alicyclic amines) is 1. The van der Waals surface area contributed by atoms with Crippen molar-refractivity contribution in [2.45, 2.75) is 50.7 Å². The van der Waals surface area contributed by atoms with Gasteiger partial charge in [0, 0.05) is 24.9 Å². The first kappa shape index (κ1) is 16.3. The zero-order chi connectivity index (χ0) is 18.1. The summed E-state index contributed by atoms with van der Waals surface area (Å²) in [6.07, 6.45) is 3.29. The third-order valence-electron chi connectivity index (χ3n) is 6.95. The molecular weight excluding hydrogens is 330 g/mol.